The number of rotatable bonds is 4. The Labute approximate surface area is 335 Å². The zero-order valence-electron chi connectivity index (χ0n) is 32.1. The molecule has 0 radical (unpaired) electrons. The minimum atomic E-state index is -0.146. The van der Waals surface area contributed by atoms with Gasteiger partial charge in [0.2, 0.25) is 0 Å². The SMILES string of the molecule is CC1(C)c2cc3ccccc3cc2-c2c(-c3cc(-c4ccc5cc(-c6ccc7c(c6)oc6cc8ccccc8cc67)ccc5c4)nc(-c4ccccc4)n3)cccc21. The highest BCUT2D eigenvalue weighted by atomic mass is 16.3. The Morgan fingerprint density at radius 2 is 0.983 bits per heavy atom. The summed E-state index contributed by atoms with van der Waals surface area (Å²) in [4.78, 5) is 10.5. The van der Waals surface area contributed by atoms with Gasteiger partial charge in [0.25, 0.3) is 0 Å². The molecule has 0 N–H and O–H groups in total. The third kappa shape index (κ3) is 5.06. The van der Waals surface area contributed by atoms with Crippen LogP contribution in [0.1, 0.15) is 25.0 Å². The lowest BCUT2D eigenvalue weighted by Crippen LogP contribution is -2.14. The molecule has 2 aromatic heterocycles. The lowest BCUT2D eigenvalue weighted by Gasteiger charge is -2.22. The second-order valence-corrected chi connectivity index (χ2v) is 16.2. The molecule has 0 aliphatic heterocycles. The van der Waals surface area contributed by atoms with Gasteiger partial charge in [0.15, 0.2) is 5.82 Å². The summed E-state index contributed by atoms with van der Waals surface area (Å²) in [6.45, 7) is 4.69. The summed E-state index contributed by atoms with van der Waals surface area (Å²) in [5.41, 5.74) is 14.2. The molecular formula is C55H36N2O. The molecule has 3 nitrogen and oxygen atoms in total. The van der Waals surface area contributed by atoms with Crippen LogP contribution in [0.15, 0.2) is 186 Å². The van der Waals surface area contributed by atoms with E-state index in [1.165, 1.54) is 49.2 Å². The van der Waals surface area contributed by atoms with Crippen molar-refractivity contribution in [3.05, 3.63) is 193 Å². The Morgan fingerprint density at radius 3 is 1.78 bits per heavy atom. The van der Waals surface area contributed by atoms with E-state index in [0.717, 1.165) is 66.5 Å². The van der Waals surface area contributed by atoms with E-state index in [4.69, 9.17) is 14.4 Å². The Bertz CT molecular complexity index is 3480. The maximum absolute atomic E-state index is 6.41. The zero-order valence-corrected chi connectivity index (χ0v) is 32.1. The second-order valence-electron chi connectivity index (χ2n) is 16.2. The summed E-state index contributed by atoms with van der Waals surface area (Å²) >= 11 is 0. The maximum Gasteiger partial charge on any atom is 0.160 e. The molecule has 0 spiro atoms. The van der Waals surface area contributed by atoms with Gasteiger partial charge in [-0.05, 0) is 120 Å². The van der Waals surface area contributed by atoms with E-state index < -0.39 is 0 Å². The summed E-state index contributed by atoms with van der Waals surface area (Å²) < 4.78 is 6.41. The van der Waals surface area contributed by atoms with Gasteiger partial charge < -0.3 is 4.42 Å². The summed E-state index contributed by atoms with van der Waals surface area (Å²) in [7, 11) is 0. The number of benzene rings is 9. The Hall–Kier alpha value is -7.36. The molecule has 0 amide bonds. The van der Waals surface area contributed by atoms with Crippen molar-refractivity contribution in [3.63, 3.8) is 0 Å². The van der Waals surface area contributed by atoms with Crippen molar-refractivity contribution in [2.75, 3.05) is 0 Å². The van der Waals surface area contributed by atoms with Crippen LogP contribution < -0.4 is 0 Å². The third-order valence-corrected chi connectivity index (χ3v) is 12.4. The molecule has 0 atom stereocenters. The molecule has 1 aliphatic carbocycles. The van der Waals surface area contributed by atoms with E-state index >= 15 is 0 Å². The van der Waals surface area contributed by atoms with E-state index in [9.17, 15) is 0 Å². The Balaban J connectivity index is 0.965. The van der Waals surface area contributed by atoms with Crippen molar-refractivity contribution in [1.29, 1.82) is 0 Å². The number of fused-ring (bicyclic) bond motifs is 9. The lowest BCUT2D eigenvalue weighted by molar-refractivity contribution is 0.661. The number of hydrogen-bond donors (Lipinski definition) is 0. The predicted octanol–water partition coefficient (Wildman–Crippen LogP) is 14.8. The lowest BCUT2D eigenvalue weighted by atomic mass is 9.81. The normalized spacial score (nSPS) is 13.1. The number of furan rings is 1. The highest BCUT2D eigenvalue weighted by Crippen LogP contribution is 2.53. The van der Waals surface area contributed by atoms with Gasteiger partial charge in [0, 0.05) is 32.9 Å². The standard InChI is InChI=1S/C55H36N2O/c1-55(2)47-18-10-17-44(53(47)46-28-35-14-6-8-15-36(35)29-48(46)55)50-32-49(56-54(57-50)33-11-4-3-5-12-33)42-22-21-38-25-39(19-20-40(38)26-42)41-23-24-43-45-27-34-13-7-9-16-37(34)30-52(45)58-51(43)31-41/h3-32H,1-2H3. The van der Waals surface area contributed by atoms with Gasteiger partial charge in [-0.25, -0.2) is 9.97 Å². The minimum absolute atomic E-state index is 0.146. The monoisotopic (exact) mass is 740 g/mol. The Kier molecular flexibility index (Phi) is 6.98. The smallest absolute Gasteiger partial charge is 0.160 e. The van der Waals surface area contributed by atoms with Gasteiger partial charge in [-0.2, -0.15) is 0 Å². The molecule has 0 fully saturated rings. The van der Waals surface area contributed by atoms with Crippen LogP contribution >= 0.6 is 0 Å². The van der Waals surface area contributed by atoms with Gasteiger partial charge >= 0.3 is 0 Å². The van der Waals surface area contributed by atoms with Crippen molar-refractivity contribution in [2.24, 2.45) is 0 Å². The summed E-state index contributed by atoms with van der Waals surface area (Å²) in [5, 5.41) is 9.52. The zero-order chi connectivity index (χ0) is 38.5. The van der Waals surface area contributed by atoms with E-state index in [1.807, 2.05) is 6.07 Å². The number of nitrogens with zero attached hydrogens (tertiary/aromatic N) is 2. The van der Waals surface area contributed by atoms with Crippen LogP contribution in [0.5, 0.6) is 0 Å². The van der Waals surface area contributed by atoms with Crippen molar-refractivity contribution in [1.82, 2.24) is 9.97 Å². The van der Waals surface area contributed by atoms with Crippen molar-refractivity contribution >= 4 is 54.3 Å². The van der Waals surface area contributed by atoms with Crippen LogP contribution in [-0.2, 0) is 5.41 Å². The van der Waals surface area contributed by atoms with Gasteiger partial charge in [-0.3, -0.25) is 0 Å². The fraction of sp³-hybridized carbons (Fsp3) is 0.0545. The van der Waals surface area contributed by atoms with Crippen LogP contribution in [0.3, 0.4) is 0 Å². The maximum atomic E-state index is 6.41. The first-order valence-electron chi connectivity index (χ1n) is 20.0. The van der Waals surface area contributed by atoms with Gasteiger partial charge in [0.05, 0.1) is 11.4 Å². The second kappa shape index (κ2) is 12.3. The molecule has 2 heterocycles. The topological polar surface area (TPSA) is 38.9 Å². The summed E-state index contributed by atoms with van der Waals surface area (Å²) in [6.07, 6.45) is 0. The molecule has 0 saturated heterocycles. The molecule has 9 aromatic carbocycles. The average molecular weight is 741 g/mol. The molecule has 0 bridgehead atoms. The Morgan fingerprint density at radius 1 is 0.379 bits per heavy atom. The molecule has 1 aliphatic rings. The van der Waals surface area contributed by atoms with E-state index in [0.29, 0.717) is 5.82 Å². The largest absolute Gasteiger partial charge is 0.456 e. The van der Waals surface area contributed by atoms with E-state index in [1.54, 1.807) is 0 Å². The first-order valence-corrected chi connectivity index (χ1v) is 20.0. The van der Waals surface area contributed by atoms with Gasteiger partial charge in [0.1, 0.15) is 11.2 Å². The van der Waals surface area contributed by atoms with E-state index in [-0.39, 0.29) is 5.41 Å². The summed E-state index contributed by atoms with van der Waals surface area (Å²) in [5.74, 6) is 0.714. The van der Waals surface area contributed by atoms with Crippen molar-refractivity contribution in [2.45, 2.75) is 19.3 Å². The number of hydrogen-bond acceptors (Lipinski definition) is 3. The van der Waals surface area contributed by atoms with E-state index in [2.05, 4.69) is 190 Å². The fourth-order valence-corrected chi connectivity index (χ4v) is 9.36. The average Bonchev–Trinajstić information content (AvgIpc) is 3.74. The molecule has 58 heavy (non-hydrogen) atoms. The van der Waals surface area contributed by atoms with Crippen LogP contribution in [-0.4, -0.2) is 9.97 Å². The van der Waals surface area contributed by atoms with Crippen LogP contribution in [0.25, 0.3) is 110 Å². The predicted molar refractivity (Wildman–Crippen MR) is 241 cm³/mol. The van der Waals surface area contributed by atoms with Crippen LogP contribution in [0.2, 0.25) is 0 Å². The van der Waals surface area contributed by atoms with Gasteiger partial charge in [-0.15, -0.1) is 0 Å². The van der Waals surface area contributed by atoms with Crippen LogP contribution in [0, 0.1) is 0 Å². The van der Waals surface area contributed by atoms with Crippen LogP contribution in [0.4, 0.5) is 0 Å². The van der Waals surface area contributed by atoms with Crippen molar-refractivity contribution in [3.8, 4) is 56.2 Å². The molecule has 12 rings (SSSR count). The molecule has 0 saturated carbocycles. The number of aromatic nitrogens is 2. The molecule has 3 heteroatoms. The molecule has 11 aromatic rings. The first-order chi connectivity index (χ1) is 28.4. The molecular weight excluding hydrogens is 705 g/mol. The molecule has 0 unspecified atom stereocenters. The third-order valence-electron chi connectivity index (χ3n) is 12.4. The minimum Gasteiger partial charge on any atom is -0.456 e. The fourth-order valence-electron chi connectivity index (χ4n) is 9.36. The quantitative estimate of drug-likeness (QED) is 0.180. The first kappa shape index (κ1) is 32.8. The highest BCUT2D eigenvalue weighted by molar-refractivity contribution is 6.11. The summed E-state index contributed by atoms with van der Waals surface area (Å²) in [6, 6.07) is 65.4. The van der Waals surface area contributed by atoms with Crippen molar-refractivity contribution < 1.29 is 4.42 Å². The molecule has 272 valence electrons. The highest BCUT2D eigenvalue weighted by Gasteiger charge is 2.37. The van der Waals surface area contributed by atoms with Gasteiger partial charge in [-0.1, -0.05) is 141 Å².